The second kappa shape index (κ2) is 6.66. The van der Waals surface area contributed by atoms with Gasteiger partial charge in [0.25, 0.3) is 0 Å². The summed E-state index contributed by atoms with van der Waals surface area (Å²) in [6, 6.07) is 14.5. The van der Waals surface area contributed by atoms with Crippen LogP contribution in [0.5, 0.6) is 5.75 Å². The normalized spacial score (nSPS) is 10.2. The Balaban J connectivity index is 2.14. The van der Waals surface area contributed by atoms with E-state index in [0.29, 0.717) is 0 Å². The van der Waals surface area contributed by atoms with Gasteiger partial charge in [0.2, 0.25) is 0 Å². The van der Waals surface area contributed by atoms with E-state index in [1.165, 1.54) is 11.3 Å². The van der Waals surface area contributed by atoms with Crippen LogP contribution in [0.2, 0.25) is 0 Å². The van der Waals surface area contributed by atoms with Crippen LogP contribution in [0.3, 0.4) is 0 Å². The fourth-order valence-corrected chi connectivity index (χ4v) is 2.66. The van der Waals surface area contributed by atoms with Gasteiger partial charge >= 0.3 is 0 Å². The Morgan fingerprint density at radius 3 is 2.65 bits per heavy atom. The zero-order chi connectivity index (χ0) is 14.5. The lowest BCUT2D eigenvalue weighted by Gasteiger charge is -2.20. The lowest BCUT2D eigenvalue weighted by Crippen LogP contribution is -2.16. The molecule has 0 aliphatic rings. The Kier molecular flexibility index (Phi) is 4.90. The van der Waals surface area contributed by atoms with E-state index in [-0.39, 0.29) is 0 Å². The lowest BCUT2D eigenvalue weighted by atomic mass is 10.2. The number of nitrogens with one attached hydrogen (secondary N) is 1. The molecule has 0 aliphatic heterocycles. The smallest absolute Gasteiger partial charge is 0.133 e. The summed E-state index contributed by atoms with van der Waals surface area (Å²) >= 11 is 3.52. The SMILES string of the molecule is CNc1cccc(N(C)Cc2ccc(OC)c(Br)c2)c1. The Labute approximate surface area is 128 Å². The van der Waals surface area contributed by atoms with Gasteiger partial charge < -0.3 is 15.0 Å². The second-order valence-corrected chi connectivity index (χ2v) is 5.48. The highest BCUT2D eigenvalue weighted by atomic mass is 79.9. The van der Waals surface area contributed by atoms with Crippen LogP contribution >= 0.6 is 15.9 Å². The first-order valence-corrected chi connectivity index (χ1v) is 7.24. The van der Waals surface area contributed by atoms with E-state index in [1.54, 1.807) is 7.11 Å². The third kappa shape index (κ3) is 3.45. The summed E-state index contributed by atoms with van der Waals surface area (Å²) in [5.74, 6) is 0.855. The molecule has 0 saturated carbocycles. The number of benzene rings is 2. The summed E-state index contributed by atoms with van der Waals surface area (Å²) in [6.45, 7) is 0.843. The standard InChI is InChI=1S/C16H19BrN2O/c1-18-13-5-4-6-14(10-13)19(2)11-12-7-8-16(20-3)15(17)9-12/h4-10,18H,11H2,1-3H3. The summed E-state index contributed by atoms with van der Waals surface area (Å²) in [4.78, 5) is 2.22. The molecule has 0 radical (unpaired) electrons. The van der Waals surface area contributed by atoms with Crippen molar-refractivity contribution in [1.29, 1.82) is 0 Å². The van der Waals surface area contributed by atoms with Crippen LogP contribution in [0, 0.1) is 0 Å². The van der Waals surface area contributed by atoms with Gasteiger partial charge in [0.15, 0.2) is 0 Å². The number of ether oxygens (including phenoxy) is 1. The number of nitrogens with zero attached hydrogens (tertiary/aromatic N) is 1. The number of methoxy groups -OCH3 is 1. The fourth-order valence-electron chi connectivity index (χ4n) is 2.07. The van der Waals surface area contributed by atoms with Crippen LogP contribution in [0.25, 0.3) is 0 Å². The van der Waals surface area contributed by atoms with E-state index in [2.05, 4.69) is 69.6 Å². The summed E-state index contributed by atoms with van der Waals surface area (Å²) in [5, 5.41) is 3.16. The van der Waals surface area contributed by atoms with Crippen molar-refractivity contribution < 1.29 is 4.74 Å². The summed E-state index contributed by atoms with van der Waals surface area (Å²) < 4.78 is 6.23. The zero-order valence-corrected chi connectivity index (χ0v) is 13.6. The minimum Gasteiger partial charge on any atom is -0.496 e. The minimum atomic E-state index is 0.843. The molecule has 0 amide bonds. The maximum Gasteiger partial charge on any atom is 0.133 e. The molecule has 0 atom stereocenters. The maximum atomic E-state index is 5.25. The third-order valence-electron chi connectivity index (χ3n) is 3.21. The molecular formula is C16H19BrN2O. The fraction of sp³-hybridized carbons (Fsp3) is 0.250. The van der Waals surface area contributed by atoms with Gasteiger partial charge in [-0.25, -0.2) is 0 Å². The minimum absolute atomic E-state index is 0.843. The molecule has 106 valence electrons. The molecule has 0 saturated heterocycles. The van der Waals surface area contributed by atoms with Crippen LogP contribution in [0.1, 0.15) is 5.56 Å². The van der Waals surface area contributed by atoms with Crippen molar-refractivity contribution in [2.45, 2.75) is 6.54 Å². The first-order valence-electron chi connectivity index (χ1n) is 6.45. The number of anilines is 2. The molecule has 20 heavy (non-hydrogen) atoms. The highest BCUT2D eigenvalue weighted by Gasteiger charge is 2.06. The molecule has 0 spiro atoms. The predicted octanol–water partition coefficient (Wildman–Crippen LogP) is 4.14. The molecule has 0 aromatic heterocycles. The quantitative estimate of drug-likeness (QED) is 0.889. The number of hydrogen-bond acceptors (Lipinski definition) is 3. The highest BCUT2D eigenvalue weighted by Crippen LogP contribution is 2.27. The van der Waals surface area contributed by atoms with Crippen LogP contribution in [0.4, 0.5) is 11.4 Å². The summed E-state index contributed by atoms with van der Waals surface area (Å²) in [5.41, 5.74) is 3.53. The molecule has 2 aromatic rings. The first kappa shape index (κ1) is 14.7. The largest absolute Gasteiger partial charge is 0.496 e. The number of halogens is 1. The first-order chi connectivity index (χ1) is 9.63. The molecule has 2 aromatic carbocycles. The van der Waals surface area contributed by atoms with Crippen molar-refractivity contribution in [3.63, 3.8) is 0 Å². The van der Waals surface area contributed by atoms with E-state index in [0.717, 1.165) is 22.5 Å². The predicted molar refractivity (Wildman–Crippen MR) is 88.8 cm³/mol. The van der Waals surface area contributed by atoms with Crippen molar-refractivity contribution in [3.8, 4) is 5.75 Å². The average molecular weight is 335 g/mol. The maximum absolute atomic E-state index is 5.25. The Morgan fingerprint density at radius 2 is 2.00 bits per heavy atom. The topological polar surface area (TPSA) is 24.5 Å². The van der Waals surface area contributed by atoms with Gasteiger partial charge in [0.05, 0.1) is 11.6 Å². The number of rotatable bonds is 5. The molecule has 0 unspecified atom stereocenters. The molecule has 0 heterocycles. The third-order valence-corrected chi connectivity index (χ3v) is 3.83. The Bertz CT molecular complexity index is 586. The number of hydrogen-bond donors (Lipinski definition) is 1. The molecule has 1 N–H and O–H groups in total. The van der Waals surface area contributed by atoms with Gasteiger partial charge in [-0.3, -0.25) is 0 Å². The lowest BCUT2D eigenvalue weighted by molar-refractivity contribution is 0.412. The molecule has 0 fully saturated rings. The van der Waals surface area contributed by atoms with Crippen molar-refractivity contribution in [2.24, 2.45) is 0 Å². The molecular weight excluding hydrogens is 316 g/mol. The van der Waals surface area contributed by atoms with E-state index in [9.17, 15) is 0 Å². The van der Waals surface area contributed by atoms with E-state index >= 15 is 0 Å². The van der Waals surface area contributed by atoms with Crippen LogP contribution < -0.4 is 15.0 Å². The van der Waals surface area contributed by atoms with Crippen molar-refractivity contribution in [1.82, 2.24) is 0 Å². The molecule has 3 nitrogen and oxygen atoms in total. The van der Waals surface area contributed by atoms with Gasteiger partial charge in [-0.05, 0) is 51.8 Å². The van der Waals surface area contributed by atoms with E-state index < -0.39 is 0 Å². The molecule has 2 rings (SSSR count). The van der Waals surface area contributed by atoms with Crippen LogP contribution in [0.15, 0.2) is 46.9 Å². The van der Waals surface area contributed by atoms with Crippen molar-refractivity contribution >= 4 is 27.3 Å². The van der Waals surface area contributed by atoms with Gasteiger partial charge in [0, 0.05) is 32.0 Å². The monoisotopic (exact) mass is 334 g/mol. The summed E-state index contributed by atoms with van der Waals surface area (Å²) in [6.07, 6.45) is 0. The molecule has 0 aliphatic carbocycles. The molecule has 0 bridgehead atoms. The van der Waals surface area contributed by atoms with Crippen molar-refractivity contribution in [2.75, 3.05) is 31.4 Å². The zero-order valence-electron chi connectivity index (χ0n) is 12.0. The van der Waals surface area contributed by atoms with Gasteiger partial charge in [-0.1, -0.05) is 12.1 Å². The molecule has 4 heteroatoms. The average Bonchev–Trinajstić information content (AvgIpc) is 2.47. The Hall–Kier alpha value is -1.68. The van der Waals surface area contributed by atoms with Gasteiger partial charge in [0.1, 0.15) is 5.75 Å². The highest BCUT2D eigenvalue weighted by molar-refractivity contribution is 9.10. The Morgan fingerprint density at radius 1 is 1.20 bits per heavy atom. The van der Waals surface area contributed by atoms with Crippen LogP contribution in [-0.2, 0) is 6.54 Å². The van der Waals surface area contributed by atoms with Gasteiger partial charge in [-0.15, -0.1) is 0 Å². The van der Waals surface area contributed by atoms with Crippen LogP contribution in [-0.4, -0.2) is 21.2 Å². The summed E-state index contributed by atoms with van der Waals surface area (Å²) in [7, 11) is 5.70. The van der Waals surface area contributed by atoms with E-state index in [4.69, 9.17) is 4.74 Å². The van der Waals surface area contributed by atoms with Crippen molar-refractivity contribution in [3.05, 3.63) is 52.5 Å². The second-order valence-electron chi connectivity index (χ2n) is 4.63. The van der Waals surface area contributed by atoms with E-state index in [1.807, 2.05) is 13.1 Å². The van der Waals surface area contributed by atoms with Gasteiger partial charge in [-0.2, -0.15) is 0 Å².